The molecule has 0 bridgehead atoms. The SMILES string of the molecule is C#CC1=CC=CC(O)C1O.CC. The summed E-state index contributed by atoms with van der Waals surface area (Å²) in [5, 5.41) is 18.1. The average Bonchev–Trinajstić information content (AvgIpc) is 2.13. The van der Waals surface area contributed by atoms with Crippen molar-refractivity contribution in [3.8, 4) is 12.3 Å². The summed E-state index contributed by atoms with van der Waals surface area (Å²) in [7, 11) is 0. The van der Waals surface area contributed by atoms with Crippen LogP contribution in [0.2, 0.25) is 0 Å². The number of aliphatic hydroxyl groups is 2. The van der Waals surface area contributed by atoms with Gasteiger partial charge in [0, 0.05) is 5.57 Å². The van der Waals surface area contributed by atoms with Gasteiger partial charge in [0.15, 0.2) is 0 Å². The molecule has 2 nitrogen and oxygen atoms in total. The monoisotopic (exact) mass is 166 g/mol. The van der Waals surface area contributed by atoms with Crippen molar-refractivity contribution < 1.29 is 10.2 Å². The van der Waals surface area contributed by atoms with Crippen molar-refractivity contribution in [2.24, 2.45) is 0 Å². The highest BCUT2D eigenvalue weighted by Gasteiger charge is 2.18. The van der Waals surface area contributed by atoms with Crippen LogP contribution in [0.1, 0.15) is 13.8 Å². The Kier molecular flexibility index (Phi) is 5.11. The zero-order valence-electron chi connectivity index (χ0n) is 7.36. The van der Waals surface area contributed by atoms with Crippen LogP contribution in [0.25, 0.3) is 0 Å². The van der Waals surface area contributed by atoms with Crippen molar-refractivity contribution in [3.05, 3.63) is 23.8 Å². The van der Waals surface area contributed by atoms with Crippen LogP contribution in [0.5, 0.6) is 0 Å². The molecule has 0 spiro atoms. The van der Waals surface area contributed by atoms with Gasteiger partial charge in [-0.25, -0.2) is 0 Å². The quantitative estimate of drug-likeness (QED) is 0.524. The van der Waals surface area contributed by atoms with E-state index in [0.717, 1.165) is 0 Å². The number of rotatable bonds is 0. The standard InChI is InChI=1S/C8H8O2.C2H6/c1-2-6-4-3-5-7(9)8(6)10;1-2/h1,3-5,7-10H;1-2H3. The van der Waals surface area contributed by atoms with Gasteiger partial charge in [0.2, 0.25) is 0 Å². The molecule has 12 heavy (non-hydrogen) atoms. The lowest BCUT2D eigenvalue weighted by molar-refractivity contribution is 0.0745. The third-order valence-electron chi connectivity index (χ3n) is 1.39. The summed E-state index contributed by atoms with van der Waals surface area (Å²) < 4.78 is 0. The Morgan fingerprint density at radius 3 is 2.42 bits per heavy atom. The first-order valence-electron chi connectivity index (χ1n) is 3.97. The van der Waals surface area contributed by atoms with Crippen molar-refractivity contribution in [1.29, 1.82) is 0 Å². The van der Waals surface area contributed by atoms with E-state index in [1.807, 2.05) is 13.8 Å². The molecule has 0 fully saturated rings. The first-order chi connectivity index (χ1) is 5.75. The number of terminal acetylenes is 1. The van der Waals surface area contributed by atoms with Gasteiger partial charge < -0.3 is 10.2 Å². The molecule has 0 aromatic heterocycles. The van der Waals surface area contributed by atoms with E-state index in [1.54, 1.807) is 12.2 Å². The lowest BCUT2D eigenvalue weighted by atomic mass is 10.0. The molecule has 0 aromatic carbocycles. The van der Waals surface area contributed by atoms with Crippen LogP contribution in [-0.2, 0) is 0 Å². The van der Waals surface area contributed by atoms with Gasteiger partial charge >= 0.3 is 0 Å². The van der Waals surface area contributed by atoms with Gasteiger partial charge in [0.05, 0.1) is 0 Å². The highest BCUT2D eigenvalue weighted by Crippen LogP contribution is 2.11. The summed E-state index contributed by atoms with van der Waals surface area (Å²) in [5.41, 5.74) is 0.426. The van der Waals surface area contributed by atoms with E-state index in [4.69, 9.17) is 16.6 Å². The van der Waals surface area contributed by atoms with Crippen LogP contribution in [-0.4, -0.2) is 22.4 Å². The fourth-order valence-electron chi connectivity index (χ4n) is 0.794. The molecule has 0 amide bonds. The number of allylic oxidation sites excluding steroid dienone is 2. The van der Waals surface area contributed by atoms with Crippen molar-refractivity contribution >= 4 is 0 Å². The highest BCUT2D eigenvalue weighted by atomic mass is 16.3. The molecule has 0 saturated heterocycles. The second-order valence-corrected chi connectivity index (χ2v) is 2.09. The van der Waals surface area contributed by atoms with Gasteiger partial charge in [-0.2, -0.15) is 0 Å². The van der Waals surface area contributed by atoms with E-state index in [0.29, 0.717) is 5.57 Å². The maximum Gasteiger partial charge on any atom is 0.116 e. The molecular formula is C10H14O2. The van der Waals surface area contributed by atoms with Gasteiger partial charge in [0.1, 0.15) is 12.2 Å². The lowest BCUT2D eigenvalue weighted by Crippen LogP contribution is -2.27. The molecule has 2 unspecified atom stereocenters. The van der Waals surface area contributed by atoms with Crippen LogP contribution >= 0.6 is 0 Å². The third-order valence-corrected chi connectivity index (χ3v) is 1.39. The van der Waals surface area contributed by atoms with Gasteiger partial charge in [-0.3, -0.25) is 0 Å². The summed E-state index contributed by atoms with van der Waals surface area (Å²) in [6.45, 7) is 4.00. The summed E-state index contributed by atoms with van der Waals surface area (Å²) in [4.78, 5) is 0. The van der Waals surface area contributed by atoms with Crippen molar-refractivity contribution in [2.75, 3.05) is 0 Å². The number of aliphatic hydroxyl groups excluding tert-OH is 2. The minimum absolute atomic E-state index is 0.426. The number of hydrogen-bond acceptors (Lipinski definition) is 2. The Balaban J connectivity index is 0.000000561. The van der Waals surface area contributed by atoms with Crippen molar-refractivity contribution in [1.82, 2.24) is 0 Å². The highest BCUT2D eigenvalue weighted by molar-refractivity contribution is 5.37. The summed E-state index contributed by atoms with van der Waals surface area (Å²) >= 11 is 0. The van der Waals surface area contributed by atoms with Crippen LogP contribution in [0, 0.1) is 12.3 Å². The van der Waals surface area contributed by atoms with E-state index in [2.05, 4.69) is 5.92 Å². The molecule has 66 valence electrons. The van der Waals surface area contributed by atoms with E-state index in [-0.39, 0.29) is 0 Å². The number of hydrogen-bond donors (Lipinski definition) is 2. The van der Waals surface area contributed by atoms with Crippen molar-refractivity contribution in [2.45, 2.75) is 26.1 Å². The normalized spacial score (nSPS) is 26.4. The zero-order valence-corrected chi connectivity index (χ0v) is 7.36. The zero-order chi connectivity index (χ0) is 9.56. The Hall–Kier alpha value is -1.04. The van der Waals surface area contributed by atoms with Crippen molar-refractivity contribution in [3.63, 3.8) is 0 Å². The van der Waals surface area contributed by atoms with Gasteiger partial charge in [0.25, 0.3) is 0 Å². The van der Waals surface area contributed by atoms with Crippen LogP contribution < -0.4 is 0 Å². The fourth-order valence-corrected chi connectivity index (χ4v) is 0.794. The van der Waals surface area contributed by atoms with Gasteiger partial charge in [-0.1, -0.05) is 31.9 Å². The summed E-state index contributed by atoms with van der Waals surface area (Å²) in [6, 6.07) is 0. The molecule has 1 rings (SSSR count). The smallest absolute Gasteiger partial charge is 0.116 e. The first-order valence-corrected chi connectivity index (χ1v) is 3.97. The Bertz CT molecular complexity index is 220. The lowest BCUT2D eigenvalue weighted by Gasteiger charge is -2.16. The van der Waals surface area contributed by atoms with Crippen LogP contribution in [0.4, 0.5) is 0 Å². The average molecular weight is 166 g/mol. The maximum absolute atomic E-state index is 9.13. The maximum atomic E-state index is 9.13. The third kappa shape index (κ3) is 2.54. The molecule has 2 heteroatoms. The molecule has 0 saturated carbocycles. The first kappa shape index (κ1) is 11.0. The Morgan fingerprint density at radius 1 is 1.42 bits per heavy atom. The van der Waals surface area contributed by atoms with Crippen LogP contribution in [0.15, 0.2) is 23.8 Å². The second-order valence-electron chi connectivity index (χ2n) is 2.09. The Labute approximate surface area is 73.2 Å². The predicted molar refractivity (Wildman–Crippen MR) is 49.4 cm³/mol. The van der Waals surface area contributed by atoms with E-state index in [9.17, 15) is 0 Å². The van der Waals surface area contributed by atoms with Gasteiger partial charge in [-0.15, -0.1) is 6.42 Å². The molecule has 2 atom stereocenters. The Morgan fingerprint density at radius 2 is 2.00 bits per heavy atom. The molecule has 2 N–H and O–H groups in total. The predicted octanol–water partition coefficient (Wildman–Crippen LogP) is 0.864. The molecule has 0 aliphatic heterocycles. The second kappa shape index (κ2) is 5.59. The van der Waals surface area contributed by atoms with E-state index < -0.39 is 12.2 Å². The van der Waals surface area contributed by atoms with Crippen LogP contribution in [0.3, 0.4) is 0 Å². The fraction of sp³-hybridized carbons (Fsp3) is 0.400. The summed E-state index contributed by atoms with van der Waals surface area (Å²) in [5.74, 6) is 2.28. The van der Waals surface area contributed by atoms with Gasteiger partial charge in [-0.05, 0) is 6.08 Å². The minimum Gasteiger partial charge on any atom is -0.386 e. The van der Waals surface area contributed by atoms with E-state index >= 15 is 0 Å². The molecule has 1 aliphatic carbocycles. The molecule has 0 radical (unpaired) electrons. The minimum atomic E-state index is -0.921. The largest absolute Gasteiger partial charge is 0.386 e. The summed E-state index contributed by atoms with van der Waals surface area (Å²) in [6.07, 6.45) is 7.99. The molecule has 0 aromatic rings. The molecule has 0 heterocycles. The van der Waals surface area contributed by atoms with E-state index in [1.165, 1.54) is 6.08 Å². The molecular weight excluding hydrogens is 152 g/mol. The topological polar surface area (TPSA) is 40.5 Å². The molecule has 1 aliphatic rings.